The monoisotopic (exact) mass is 363 g/mol. The van der Waals surface area contributed by atoms with Gasteiger partial charge in [0.1, 0.15) is 12.1 Å². The van der Waals surface area contributed by atoms with Crippen molar-refractivity contribution in [2.24, 2.45) is 5.73 Å². The second kappa shape index (κ2) is 6.02. The highest BCUT2D eigenvalue weighted by atomic mass is 16.1. The van der Waals surface area contributed by atoms with Crippen LogP contribution in [-0.2, 0) is 11.8 Å². The number of hydrogen-bond acceptors (Lipinski definition) is 5. The summed E-state index contributed by atoms with van der Waals surface area (Å²) in [4.78, 5) is 23.4. The van der Waals surface area contributed by atoms with E-state index in [0.29, 0.717) is 11.5 Å². The number of amides is 1. The van der Waals surface area contributed by atoms with E-state index in [9.17, 15) is 4.79 Å². The number of fused-ring (bicyclic) bond motifs is 3. The molecule has 27 heavy (non-hydrogen) atoms. The molecule has 3 aliphatic rings. The lowest BCUT2D eigenvalue weighted by atomic mass is 9.74. The topological polar surface area (TPSA) is 84.1 Å². The van der Waals surface area contributed by atoms with Crippen LogP contribution in [0.4, 0.5) is 11.5 Å². The van der Waals surface area contributed by atoms with E-state index in [0.717, 1.165) is 51.1 Å². The summed E-state index contributed by atoms with van der Waals surface area (Å²) in [6.45, 7) is 5.16. The van der Waals surface area contributed by atoms with Crippen molar-refractivity contribution >= 4 is 17.4 Å². The number of piperidine rings is 1. The first-order valence-corrected chi connectivity index (χ1v) is 9.85. The van der Waals surface area contributed by atoms with Crippen LogP contribution in [0.3, 0.4) is 0 Å². The third-order valence-corrected chi connectivity index (χ3v) is 6.67. The minimum Gasteiger partial charge on any atom is -0.366 e. The van der Waals surface area contributed by atoms with Crippen molar-refractivity contribution in [3.8, 4) is 0 Å². The number of aryl methyl sites for hydroxylation is 1. The minimum absolute atomic E-state index is 0.0473. The number of carbonyl (C=O) groups excluding carboxylic acids is 1. The van der Waals surface area contributed by atoms with E-state index < -0.39 is 0 Å². The van der Waals surface area contributed by atoms with E-state index in [1.807, 2.05) is 12.1 Å². The third-order valence-electron chi connectivity index (χ3n) is 6.67. The molecule has 2 aromatic rings. The quantitative estimate of drug-likeness (QED) is 0.856. The fraction of sp³-hybridized carbons (Fsp3) is 0.476. The Bertz CT molecular complexity index is 919. The number of rotatable bonds is 2. The van der Waals surface area contributed by atoms with Crippen LogP contribution in [0.25, 0.3) is 0 Å². The molecule has 0 saturated carbocycles. The molecule has 3 heterocycles. The molecular weight excluding hydrogens is 338 g/mol. The van der Waals surface area contributed by atoms with Crippen molar-refractivity contribution in [1.82, 2.24) is 15.3 Å². The fourth-order valence-electron chi connectivity index (χ4n) is 5.18. The van der Waals surface area contributed by atoms with Crippen molar-refractivity contribution in [3.63, 3.8) is 0 Å². The third kappa shape index (κ3) is 2.46. The molecule has 5 rings (SSSR count). The van der Waals surface area contributed by atoms with Crippen molar-refractivity contribution in [1.29, 1.82) is 0 Å². The number of nitrogens with zero attached hydrogens (tertiary/aromatic N) is 3. The zero-order valence-corrected chi connectivity index (χ0v) is 15.7. The van der Waals surface area contributed by atoms with Crippen LogP contribution in [0.15, 0.2) is 24.5 Å². The van der Waals surface area contributed by atoms with E-state index in [2.05, 4.69) is 28.2 Å². The van der Waals surface area contributed by atoms with Crippen LogP contribution in [0, 0.1) is 0 Å². The largest absolute Gasteiger partial charge is 0.366 e. The van der Waals surface area contributed by atoms with E-state index >= 15 is 0 Å². The summed E-state index contributed by atoms with van der Waals surface area (Å²) in [5, 5.41) is 3.47. The molecule has 1 unspecified atom stereocenters. The van der Waals surface area contributed by atoms with Gasteiger partial charge in [0.05, 0.1) is 0 Å². The maximum absolute atomic E-state index is 11.8. The van der Waals surface area contributed by atoms with Gasteiger partial charge < -0.3 is 16.0 Å². The average molecular weight is 363 g/mol. The lowest BCUT2D eigenvalue weighted by Gasteiger charge is -2.35. The molecule has 1 saturated heterocycles. The average Bonchev–Trinajstić information content (AvgIpc) is 3.21. The lowest BCUT2D eigenvalue weighted by molar-refractivity contribution is 0.1000. The maximum atomic E-state index is 11.8. The summed E-state index contributed by atoms with van der Waals surface area (Å²) in [6.07, 6.45) is 5.99. The SMILES string of the molecule is CC1CCc2ncnc(N3CC4(CCNCC4)c4cc(C(N)=O)ccc43)c21. The molecular formula is C21H25N5O. The van der Waals surface area contributed by atoms with Gasteiger partial charge in [-0.25, -0.2) is 9.97 Å². The van der Waals surface area contributed by atoms with Crippen LogP contribution < -0.4 is 16.0 Å². The number of carbonyl (C=O) groups is 1. The molecule has 1 amide bonds. The van der Waals surface area contributed by atoms with E-state index in [4.69, 9.17) is 10.7 Å². The van der Waals surface area contributed by atoms with Crippen LogP contribution in [0.2, 0.25) is 0 Å². The van der Waals surface area contributed by atoms with Gasteiger partial charge in [-0.15, -0.1) is 0 Å². The number of aromatic nitrogens is 2. The van der Waals surface area contributed by atoms with Gasteiger partial charge in [-0.3, -0.25) is 4.79 Å². The Morgan fingerprint density at radius 2 is 2.11 bits per heavy atom. The van der Waals surface area contributed by atoms with Crippen LogP contribution >= 0.6 is 0 Å². The molecule has 6 heteroatoms. The Balaban J connectivity index is 1.67. The molecule has 1 spiro atoms. The van der Waals surface area contributed by atoms with Gasteiger partial charge >= 0.3 is 0 Å². The second-order valence-corrected chi connectivity index (χ2v) is 8.21. The van der Waals surface area contributed by atoms with Gasteiger partial charge in [0.15, 0.2) is 0 Å². The Morgan fingerprint density at radius 1 is 1.30 bits per heavy atom. The van der Waals surface area contributed by atoms with Crippen molar-refractivity contribution in [2.45, 2.75) is 43.9 Å². The predicted molar refractivity (Wildman–Crippen MR) is 105 cm³/mol. The van der Waals surface area contributed by atoms with Gasteiger partial charge in [-0.05, 0) is 68.5 Å². The smallest absolute Gasteiger partial charge is 0.248 e. The van der Waals surface area contributed by atoms with Crippen LogP contribution in [0.5, 0.6) is 0 Å². The lowest BCUT2D eigenvalue weighted by Crippen LogP contribution is -2.42. The molecule has 140 valence electrons. The van der Waals surface area contributed by atoms with Crippen molar-refractivity contribution < 1.29 is 4.79 Å². The zero-order chi connectivity index (χ0) is 18.6. The summed E-state index contributed by atoms with van der Waals surface area (Å²) in [7, 11) is 0. The Morgan fingerprint density at radius 3 is 2.89 bits per heavy atom. The highest BCUT2D eigenvalue weighted by Gasteiger charge is 2.45. The molecule has 0 bridgehead atoms. The van der Waals surface area contributed by atoms with Crippen LogP contribution in [0.1, 0.15) is 59.3 Å². The Hall–Kier alpha value is -2.47. The number of anilines is 2. The van der Waals surface area contributed by atoms with Crippen molar-refractivity contribution in [3.05, 3.63) is 46.9 Å². The van der Waals surface area contributed by atoms with E-state index in [1.165, 1.54) is 22.5 Å². The number of nitrogens with one attached hydrogen (secondary N) is 1. The first-order valence-electron chi connectivity index (χ1n) is 9.85. The molecule has 1 atom stereocenters. The van der Waals surface area contributed by atoms with E-state index in [1.54, 1.807) is 6.33 Å². The predicted octanol–water partition coefficient (Wildman–Crippen LogP) is 2.40. The fourth-order valence-corrected chi connectivity index (χ4v) is 5.18. The highest BCUT2D eigenvalue weighted by molar-refractivity contribution is 5.94. The van der Waals surface area contributed by atoms with Gasteiger partial charge in [0.25, 0.3) is 0 Å². The molecule has 1 aromatic heterocycles. The van der Waals surface area contributed by atoms with Gasteiger partial charge in [0, 0.05) is 34.5 Å². The van der Waals surface area contributed by atoms with E-state index in [-0.39, 0.29) is 11.3 Å². The molecule has 6 nitrogen and oxygen atoms in total. The summed E-state index contributed by atoms with van der Waals surface area (Å²) < 4.78 is 0. The van der Waals surface area contributed by atoms with Gasteiger partial charge in [-0.2, -0.15) is 0 Å². The first kappa shape index (κ1) is 16.7. The molecule has 2 aliphatic heterocycles. The normalized spacial score (nSPS) is 22.7. The number of nitrogens with two attached hydrogens (primary N) is 1. The summed E-state index contributed by atoms with van der Waals surface area (Å²) in [5.74, 6) is 1.17. The number of hydrogen-bond donors (Lipinski definition) is 2. The molecule has 0 radical (unpaired) electrons. The Labute approximate surface area is 159 Å². The molecule has 1 aliphatic carbocycles. The summed E-state index contributed by atoms with van der Waals surface area (Å²) >= 11 is 0. The van der Waals surface area contributed by atoms with Gasteiger partial charge in [0.2, 0.25) is 5.91 Å². The molecule has 1 aromatic carbocycles. The Kier molecular flexibility index (Phi) is 3.72. The van der Waals surface area contributed by atoms with Crippen molar-refractivity contribution in [2.75, 3.05) is 24.5 Å². The number of primary amides is 1. The molecule has 1 fully saturated rings. The molecule has 3 N–H and O–H groups in total. The summed E-state index contributed by atoms with van der Waals surface area (Å²) in [6, 6.07) is 5.92. The zero-order valence-electron chi connectivity index (χ0n) is 15.7. The highest BCUT2D eigenvalue weighted by Crippen LogP contribution is 2.50. The minimum atomic E-state index is -0.364. The maximum Gasteiger partial charge on any atom is 0.248 e. The van der Waals surface area contributed by atoms with Gasteiger partial charge in [-0.1, -0.05) is 6.92 Å². The standard InChI is InChI=1S/C21H25N5O/c1-13-2-4-16-18(13)20(25-12-24-16)26-11-21(6-8-23-9-7-21)15-10-14(19(22)27)3-5-17(15)26/h3,5,10,12-13,23H,2,4,6-9,11H2,1H3,(H2,22,27). The summed E-state index contributed by atoms with van der Waals surface area (Å²) in [5.41, 5.74) is 11.1. The van der Waals surface area contributed by atoms with Crippen LogP contribution in [-0.4, -0.2) is 35.5 Å². The first-order chi connectivity index (χ1) is 13.1. The second-order valence-electron chi connectivity index (χ2n) is 8.21. The number of benzene rings is 1.